The number of amides is 1. The molecule has 35 heavy (non-hydrogen) atoms. The van der Waals surface area contributed by atoms with E-state index >= 15 is 0 Å². The van der Waals surface area contributed by atoms with Gasteiger partial charge in [-0.2, -0.15) is 0 Å². The Labute approximate surface area is 206 Å². The van der Waals surface area contributed by atoms with E-state index in [2.05, 4.69) is 23.2 Å². The number of carbonyl (C=O) groups is 1. The Morgan fingerprint density at radius 2 is 1.63 bits per heavy atom. The van der Waals surface area contributed by atoms with Crippen molar-refractivity contribution in [3.05, 3.63) is 47.5 Å². The molecule has 2 aromatic carbocycles. The van der Waals surface area contributed by atoms with Gasteiger partial charge in [-0.1, -0.05) is 0 Å². The van der Waals surface area contributed by atoms with Crippen LogP contribution in [0.4, 0.5) is 11.5 Å². The fraction of sp³-hybridized carbons (Fsp3) is 0.407. The van der Waals surface area contributed by atoms with Crippen molar-refractivity contribution in [1.29, 1.82) is 0 Å². The average molecular weight is 480 g/mol. The number of rotatable bonds is 9. The van der Waals surface area contributed by atoms with E-state index in [1.807, 2.05) is 39.0 Å². The molecule has 1 aliphatic rings. The highest BCUT2D eigenvalue weighted by molar-refractivity contribution is 6.06. The lowest BCUT2D eigenvalue weighted by molar-refractivity contribution is 0.102. The molecule has 1 aliphatic heterocycles. The third-order valence-electron chi connectivity index (χ3n) is 5.77. The highest BCUT2D eigenvalue weighted by Crippen LogP contribution is 2.39. The Hall–Kier alpha value is -3.52. The van der Waals surface area contributed by atoms with E-state index in [4.69, 9.17) is 23.9 Å². The number of aryl methyl sites for hydroxylation is 1. The SMILES string of the molecule is CCOc1cc(C(=O)Nc2ccc3nc(N4CCOCC4)cc(C)c3c2)cc(OCC)c1OCC. The molecule has 8 heteroatoms. The van der Waals surface area contributed by atoms with Crippen molar-refractivity contribution in [3.63, 3.8) is 0 Å². The summed E-state index contributed by atoms with van der Waals surface area (Å²) in [7, 11) is 0. The first kappa shape index (κ1) is 24.6. The van der Waals surface area contributed by atoms with Crippen LogP contribution in [0, 0.1) is 6.92 Å². The molecule has 1 aromatic heterocycles. The highest BCUT2D eigenvalue weighted by Gasteiger charge is 2.19. The number of fused-ring (bicyclic) bond motifs is 1. The van der Waals surface area contributed by atoms with E-state index in [0.29, 0.717) is 61.5 Å². The van der Waals surface area contributed by atoms with E-state index in [1.165, 1.54) is 0 Å². The molecule has 0 spiro atoms. The lowest BCUT2D eigenvalue weighted by Gasteiger charge is -2.28. The first-order valence-corrected chi connectivity index (χ1v) is 12.2. The molecular formula is C27H33N3O5. The van der Waals surface area contributed by atoms with Crippen LogP contribution in [0.3, 0.4) is 0 Å². The van der Waals surface area contributed by atoms with Crippen molar-refractivity contribution in [3.8, 4) is 17.2 Å². The highest BCUT2D eigenvalue weighted by atomic mass is 16.5. The zero-order valence-electron chi connectivity index (χ0n) is 20.8. The van der Waals surface area contributed by atoms with E-state index < -0.39 is 0 Å². The Bertz CT molecular complexity index is 1160. The van der Waals surface area contributed by atoms with Gasteiger partial charge in [-0.25, -0.2) is 4.98 Å². The molecule has 1 saturated heterocycles. The van der Waals surface area contributed by atoms with Gasteiger partial charge in [0, 0.05) is 29.7 Å². The van der Waals surface area contributed by atoms with Crippen LogP contribution in [0.15, 0.2) is 36.4 Å². The molecule has 1 amide bonds. The third kappa shape index (κ3) is 5.59. The fourth-order valence-corrected chi connectivity index (χ4v) is 4.13. The van der Waals surface area contributed by atoms with E-state index in [1.54, 1.807) is 12.1 Å². The molecule has 186 valence electrons. The van der Waals surface area contributed by atoms with Crippen LogP contribution < -0.4 is 24.4 Å². The van der Waals surface area contributed by atoms with E-state index in [-0.39, 0.29) is 5.91 Å². The Morgan fingerprint density at radius 1 is 0.971 bits per heavy atom. The maximum Gasteiger partial charge on any atom is 0.255 e. The molecule has 0 atom stereocenters. The van der Waals surface area contributed by atoms with Crippen LogP contribution >= 0.6 is 0 Å². The zero-order chi connectivity index (χ0) is 24.8. The summed E-state index contributed by atoms with van der Waals surface area (Å²) in [6.45, 7) is 12.2. The molecule has 4 rings (SSSR count). The first-order valence-electron chi connectivity index (χ1n) is 12.2. The van der Waals surface area contributed by atoms with Gasteiger partial charge in [0.05, 0.1) is 38.6 Å². The van der Waals surface area contributed by atoms with Crippen molar-refractivity contribution < 1.29 is 23.7 Å². The summed E-state index contributed by atoms with van der Waals surface area (Å²) in [5.41, 5.74) is 3.11. The van der Waals surface area contributed by atoms with Crippen molar-refractivity contribution in [1.82, 2.24) is 4.98 Å². The third-order valence-corrected chi connectivity index (χ3v) is 5.77. The number of nitrogens with zero attached hydrogens (tertiary/aromatic N) is 2. The summed E-state index contributed by atoms with van der Waals surface area (Å²) >= 11 is 0. The lowest BCUT2D eigenvalue weighted by atomic mass is 10.1. The van der Waals surface area contributed by atoms with Crippen LogP contribution in [0.2, 0.25) is 0 Å². The number of anilines is 2. The number of morpholine rings is 1. The second kappa shape index (κ2) is 11.3. The van der Waals surface area contributed by atoms with Crippen LogP contribution in [-0.4, -0.2) is 57.0 Å². The largest absolute Gasteiger partial charge is 0.490 e. The first-order chi connectivity index (χ1) is 17.0. The van der Waals surface area contributed by atoms with Crippen molar-refractivity contribution in [2.24, 2.45) is 0 Å². The van der Waals surface area contributed by atoms with Gasteiger partial charge < -0.3 is 29.2 Å². The molecule has 0 saturated carbocycles. The lowest BCUT2D eigenvalue weighted by Crippen LogP contribution is -2.36. The van der Waals surface area contributed by atoms with Gasteiger partial charge in [0.2, 0.25) is 5.75 Å². The van der Waals surface area contributed by atoms with Gasteiger partial charge in [-0.05, 0) is 69.7 Å². The summed E-state index contributed by atoms with van der Waals surface area (Å²) < 4.78 is 22.7. The monoisotopic (exact) mass is 479 g/mol. The number of ether oxygens (including phenoxy) is 4. The van der Waals surface area contributed by atoms with Crippen molar-refractivity contribution in [2.45, 2.75) is 27.7 Å². The fourth-order valence-electron chi connectivity index (χ4n) is 4.13. The maximum atomic E-state index is 13.2. The normalized spacial score (nSPS) is 13.5. The summed E-state index contributed by atoms with van der Waals surface area (Å²) in [6, 6.07) is 11.2. The number of aromatic nitrogens is 1. The zero-order valence-corrected chi connectivity index (χ0v) is 20.8. The van der Waals surface area contributed by atoms with E-state index in [0.717, 1.165) is 35.4 Å². The predicted molar refractivity (Wildman–Crippen MR) is 137 cm³/mol. The summed E-state index contributed by atoms with van der Waals surface area (Å²) in [6.07, 6.45) is 0. The van der Waals surface area contributed by atoms with Crippen LogP contribution in [0.1, 0.15) is 36.7 Å². The molecule has 2 heterocycles. The molecule has 0 aliphatic carbocycles. The Balaban J connectivity index is 1.60. The smallest absolute Gasteiger partial charge is 0.255 e. The van der Waals surface area contributed by atoms with Gasteiger partial charge in [0.25, 0.3) is 5.91 Å². The second-order valence-electron chi connectivity index (χ2n) is 8.18. The topological polar surface area (TPSA) is 82.2 Å². The minimum Gasteiger partial charge on any atom is -0.490 e. The van der Waals surface area contributed by atoms with Gasteiger partial charge in [-0.3, -0.25) is 4.79 Å². The Morgan fingerprint density at radius 3 is 2.26 bits per heavy atom. The van der Waals surface area contributed by atoms with Crippen LogP contribution in [0.25, 0.3) is 10.9 Å². The van der Waals surface area contributed by atoms with Crippen molar-refractivity contribution >= 4 is 28.3 Å². The van der Waals surface area contributed by atoms with Crippen molar-refractivity contribution in [2.75, 3.05) is 56.3 Å². The molecule has 1 N–H and O–H groups in total. The molecule has 3 aromatic rings. The van der Waals surface area contributed by atoms with Gasteiger partial charge in [0.15, 0.2) is 11.5 Å². The molecule has 0 radical (unpaired) electrons. The minimum absolute atomic E-state index is 0.259. The van der Waals surface area contributed by atoms with Gasteiger partial charge >= 0.3 is 0 Å². The summed E-state index contributed by atoms with van der Waals surface area (Å²) in [5.74, 6) is 2.18. The predicted octanol–water partition coefficient (Wildman–Crippen LogP) is 4.83. The number of carbonyl (C=O) groups excluding carboxylic acids is 1. The summed E-state index contributed by atoms with van der Waals surface area (Å²) in [4.78, 5) is 20.3. The number of hydrogen-bond donors (Lipinski definition) is 1. The molecule has 0 unspecified atom stereocenters. The molecular weight excluding hydrogens is 446 g/mol. The molecule has 8 nitrogen and oxygen atoms in total. The minimum atomic E-state index is -0.259. The standard InChI is InChI=1S/C27H33N3O5/c1-5-33-23-15-19(16-24(34-6-2)26(23)35-7-3)27(31)28-20-8-9-22-21(17-20)18(4)14-25(29-22)30-10-12-32-13-11-30/h8-9,14-17H,5-7,10-13H2,1-4H3,(H,28,31). The Kier molecular flexibility index (Phi) is 7.92. The molecule has 0 bridgehead atoms. The number of hydrogen-bond acceptors (Lipinski definition) is 7. The number of nitrogens with one attached hydrogen (secondary N) is 1. The van der Waals surface area contributed by atoms with Gasteiger partial charge in [-0.15, -0.1) is 0 Å². The number of pyridine rings is 1. The maximum absolute atomic E-state index is 13.2. The summed E-state index contributed by atoms with van der Waals surface area (Å²) in [5, 5.41) is 4.00. The van der Waals surface area contributed by atoms with Crippen LogP contribution in [0.5, 0.6) is 17.2 Å². The van der Waals surface area contributed by atoms with Crippen LogP contribution in [-0.2, 0) is 4.74 Å². The second-order valence-corrected chi connectivity index (χ2v) is 8.18. The quantitative estimate of drug-likeness (QED) is 0.471. The average Bonchev–Trinajstić information content (AvgIpc) is 2.87. The molecule has 1 fully saturated rings. The van der Waals surface area contributed by atoms with E-state index in [9.17, 15) is 4.79 Å². The van der Waals surface area contributed by atoms with Gasteiger partial charge in [0.1, 0.15) is 5.82 Å². The number of benzene rings is 2.